The summed E-state index contributed by atoms with van der Waals surface area (Å²) in [5, 5.41) is 1.04. The number of Topliss-reactive ketones (excluding diaryl/α,β-unsaturated/α-hetero) is 1. The summed E-state index contributed by atoms with van der Waals surface area (Å²) in [5.41, 5.74) is 1.91. The molecule has 0 bridgehead atoms. The maximum absolute atomic E-state index is 11.3. The zero-order valence-electron chi connectivity index (χ0n) is 12.1. The van der Waals surface area contributed by atoms with Crippen molar-refractivity contribution in [2.24, 2.45) is 7.05 Å². The van der Waals surface area contributed by atoms with Crippen molar-refractivity contribution in [3.05, 3.63) is 36.0 Å². The van der Waals surface area contributed by atoms with E-state index >= 15 is 0 Å². The molecule has 1 aromatic carbocycles. The second-order valence-electron chi connectivity index (χ2n) is 3.56. The predicted octanol–water partition coefficient (Wildman–Crippen LogP) is 3.20. The van der Waals surface area contributed by atoms with Crippen molar-refractivity contribution in [2.75, 3.05) is 7.11 Å². The third kappa shape index (κ3) is 4.58. The third-order valence-electron chi connectivity index (χ3n) is 2.37. The van der Waals surface area contributed by atoms with Crippen molar-refractivity contribution < 1.29 is 14.3 Å². The van der Waals surface area contributed by atoms with Gasteiger partial charge in [0.1, 0.15) is 0 Å². The Morgan fingerprint density at radius 1 is 1.26 bits per heavy atom. The molecule has 4 nitrogen and oxygen atoms in total. The molecule has 1 heterocycles. The van der Waals surface area contributed by atoms with Crippen LogP contribution in [0, 0.1) is 0 Å². The maximum Gasteiger partial charge on any atom is 0.292 e. The number of carbonyl (C=O) groups is 2. The van der Waals surface area contributed by atoms with E-state index < -0.39 is 0 Å². The molecule has 0 aliphatic heterocycles. The molecule has 0 atom stereocenters. The summed E-state index contributed by atoms with van der Waals surface area (Å²) in [6.45, 7) is 5.97. The number of aryl methyl sites for hydroxylation is 1. The van der Waals surface area contributed by atoms with Crippen LogP contribution < -0.4 is 0 Å². The largest absolute Gasteiger partial charge is 0.471 e. The molecular formula is C15H21NO3. The molecular weight excluding hydrogens is 242 g/mol. The molecule has 0 radical (unpaired) electrons. The summed E-state index contributed by atoms with van der Waals surface area (Å²) in [5.74, 6) is 0.122. The van der Waals surface area contributed by atoms with Crippen LogP contribution in [0.15, 0.2) is 30.5 Å². The molecule has 19 heavy (non-hydrogen) atoms. The van der Waals surface area contributed by atoms with Gasteiger partial charge >= 0.3 is 0 Å². The topological polar surface area (TPSA) is 48.3 Å². The molecule has 0 fully saturated rings. The maximum atomic E-state index is 11.3. The van der Waals surface area contributed by atoms with Crippen molar-refractivity contribution >= 4 is 23.2 Å². The van der Waals surface area contributed by atoms with Gasteiger partial charge in [0.2, 0.25) is 0 Å². The number of carbonyl (C=O) groups excluding carboxylic acids is 2. The third-order valence-corrected chi connectivity index (χ3v) is 2.37. The predicted molar refractivity (Wildman–Crippen MR) is 77.3 cm³/mol. The van der Waals surface area contributed by atoms with E-state index in [4.69, 9.17) is 4.79 Å². The van der Waals surface area contributed by atoms with Crippen LogP contribution in [0.25, 0.3) is 10.9 Å². The van der Waals surface area contributed by atoms with E-state index in [0.717, 1.165) is 16.5 Å². The lowest BCUT2D eigenvalue weighted by molar-refractivity contribution is -0.126. The van der Waals surface area contributed by atoms with E-state index in [0.29, 0.717) is 6.47 Å². The van der Waals surface area contributed by atoms with Gasteiger partial charge in [-0.15, -0.1) is 0 Å². The second kappa shape index (κ2) is 8.91. The number of aromatic nitrogens is 1. The van der Waals surface area contributed by atoms with Crippen molar-refractivity contribution in [3.8, 4) is 0 Å². The van der Waals surface area contributed by atoms with Gasteiger partial charge in [-0.3, -0.25) is 9.59 Å². The SMILES string of the molecule is CC.CC(=O)c1cn(C)c2ccccc12.COC=O. The number of ketones is 1. The lowest BCUT2D eigenvalue weighted by Crippen LogP contribution is -1.88. The molecule has 0 unspecified atom stereocenters. The summed E-state index contributed by atoms with van der Waals surface area (Å²) in [4.78, 5) is 20.2. The van der Waals surface area contributed by atoms with Crippen LogP contribution in [-0.4, -0.2) is 23.9 Å². The first-order valence-corrected chi connectivity index (χ1v) is 6.13. The molecule has 1 aromatic heterocycles. The highest BCUT2D eigenvalue weighted by molar-refractivity contribution is 6.06. The molecule has 0 spiro atoms. The fraction of sp³-hybridized carbons (Fsp3) is 0.333. The normalized spacial score (nSPS) is 8.68. The van der Waals surface area contributed by atoms with E-state index in [1.807, 2.05) is 55.9 Å². The minimum atomic E-state index is 0.122. The number of hydrogen-bond donors (Lipinski definition) is 0. The molecule has 4 heteroatoms. The van der Waals surface area contributed by atoms with E-state index in [2.05, 4.69) is 4.74 Å². The number of benzene rings is 1. The number of methoxy groups -OCH3 is 1. The Bertz CT molecular complexity index is 529. The van der Waals surface area contributed by atoms with Gasteiger partial charge < -0.3 is 9.30 Å². The molecule has 104 valence electrons. The summed E-state index contributed by atoms with van der Waals surface area (Å²) < 4.78 is 5.84. The Labute approximate surface area is 114 Å². The van der Waals surface area contributed by atoms with Gasteiger partial charge in [-0.05, 0) is 13.0 Å². The van der Waals surface area contributed by atoms with E-state index in [1.54, 1.807) is 6.92 Å². The minimum Gasteiger partial charge on any atom is -0.471 e. The van der Waals surface area contributed by atoms with E-state index in [9.17, 15) is 4.79 Å². The number of fused-ring (bicyclic) bond motifs is 1. The molecule has 0 amide bonds. The van der Waals surface area contributed by atoms with Crippen LogP contribution in [0.2, 0.25) is 0 Å². The average molecular weight is 263 g/mol. The first kappa shape index (κ1) is 16.9. The highest BCUT2D eigenvalue weighted by atomic mass is 16.5. The number of para-hydroxylation sites is 1. The van der Waals surface area contributed by atoms with Gasteiger partial charge in [0.15, 0.2) is 5.78 Å². The average Bonchev–Trinajstić information content (AvgIpc) is 2.79. The molecule has 0 saturated heterocycles. The van der Waals surface area contributed by atoms with Gasteiger partial charge in [0, 0.05) is 29.7 Å². The highest BCUT2D eigenvalue weighted by Crippen LogP contribution is 2.20. The Morgan fingerprint density at radius 3 is 2.26 bits per heavy atom. The van der Waals surface area contributed by atoms with Crippen molar-refractivity contribution in [1.29, 1.82) is 0 Å². The quantitative estimate of drug-likeness (QED) is 0.617. The molecule has 0 saturated carbocycles. The van der Waals surface area contributed by atoms with Crippen LogP contribution in [0.3, 0.4) is 0 Å². The fourth-order valence-corrected chi connectivity index (χ4v) is 1.62. The zero-order chi connectivity index (χ0) is 14.8. The fourth-order valence-electron chi connectivity index (χ4n) is 1.62. The first-order chi connectivity index (χ1) is 9.11. The second-order valence-corrected chi connectivity index (χ2v) is 3.56. The van der Waals surface area contributed by atoms with Gasteiger partial charge in [-0.1, -0.05) is 32.0 Å². The van der Waals surface area contributed by atoms with Crippen LogP contribution >= 0.6 is 0 Å². The minimum absolute atomic E-state index is 0.122. The molecule has 0 N–H and O–H groups in total. The van der Waals surface area contributed by atoms with Crippen molar-refractivity contribution in [3.63, 3.8) is 0 Å². The lowest BCUT2D eigenvalue weighted by Gasteiger charge is -1.93. The lowest BCUT2D eigenvalue weighted by atomic mass is 10.1. The van der Waals surface area contributed by atoms with Crippen LogP contribution in [0.4, 0.5) is 0 Å². The van der Waals surface area contributed by atoms with Gasteiger partial charge in [-0.2, -0.15) is 0 Å². The molecule has 0 aliphatic rings. The standard InChI is InChI=1S/C11H11NO.C2H4O2.C2H6/c1-8(13)10-7-12(2)11-6-4-3-5-9(10)11;1-4-2-3;1-2/h3-7H,1-2H3;2H,1H3;1-2H3. The molecule has 2 rings (SSSR count). The Balaban J connectivity index is 0.000000467. The number of nitrogens with zero attached hydrogens (tertiary/aromatic N) is 1. The number of ether oxygens (including phenoxy) is 1. The summed E-state index contributed by atoms with van der Waals surface area (Å²) in [7, 11) is 3.27. The van der Waals surface area contributed by atoms with Crippen LogP contribution in [0.1, 0.15) is 31.1 Å². The highest BCUT2D eigenvalue weighted by Gasteiger charge is 2.08. The van der Waals surface area contributed by atoms with Gasteiger partial charge in [0.05, 0.1) is 7.11 Å². The first-order valence-electron chi connectivity index (χ1n) is 6.13. The zero-order valence-corrected chi connectivity index (χ0v) is 12.1. The van der Waals surface area contributed by atoms with E-state index in [1.165, 1.54) is 7.11 Å². The van der Waals surface area contributed by atoms with Gasteiger partial charge in [0.25, 0.3) is 6.47 Å². The molecule has 2 aromatic rings. The van der Waals surface area contributed by atoms with Crippen LogP contribution in [-0.2, 0) is 16.6 Å². The summed E-state index contributed by atoms with van der Waals surface area (Å²) >= 11 is 0. The van der Waals surface area contributed by atoms with Crippen LogP contribution in [0.5, 0.6) is 0 Å². The van der Waals surface area contributed by atoms with Crippen molar-refractivity contribution in [1.82, 2.24) is 4.57 Å². The molecule has 0 aliphatic carbocycles. The van der Waals surface area contributed by atoms with Gasteiger partial charge in [-0.25, -0.2) is 0 Å². The smallest absolute Gasteiger partial charge is 0.292 e. The van der Waals surface area contributed by atoms with E-state index in [-0.39, 0.29) is 5.78 Å². The Kier molecular flexibility index (Phi) is 7.93. The Hall–Kier alpha value is -2.10. The monoisotopic (exact) mass is 263 g/mol. The summed E-state index contributed by atoms with van der Waals surface area (Å²) in [6.07, 6.45) is 1.88. The summed E-state index contributed by atoms with van der Waals surface area (Å²) in [6, 6.07) is 7.93. The number of rotatable bonds is 2. The Morgan fingerprint density at radius 2 is 1.79 bits per heavy atom. The van der Waals surface area contributed by atoms with Crippen molar-refractivity contribution in [2.45, 2.75) is 20.8 Å². The number of hydrogen-bond acceptors (Lipinski definition) is 3.